The van der Waals surface area contributed by atoms with Crippen molar-refractivity contribution in [3.05, 3.63) is 18.5 Å². The maximum Gasteiger partial charge on any atom is 0.317 e. The number of nitrogens with zero attached hydrogens (tertiary/aromatic N) is 4. The molecule has 2 N–H and O–H groups in total. The van der Waals surface area contributed by atoms with Crippen LogP contribution < -0.4 is 10.6 Å². The Balaban J connectivity index is 1.39. The summed E-state index contributed by atoms with van der Waals surface area (Å²) in [5.74, 6) is 0.678. The van der Waals surface area contributed by atoms with Crippen LogP contribution in [0.25, 0.3) is 0 Å². The van der Waals surface area contributed by atoms with Crippen LogP contribution in [0.5, 0.6) is 0 Å². The lowest BCUT2D eigenvalue weighted by atomic mass is 10.0. The van der Waals surface area contributed by atoms with Gasteiger partial charge in [-0.3, -0.25) is 4.79 Å². The summed E-state index contributed by atoms with van der Waals surface area (Å²) in [4.78, 5) is 35.8. The first kappa shape index (κ1) is 15.5. The minimum atomic E-state index is 0.0295. The average Bonchev–Trinajstić information content (AvgIpc) is 3.02. The molecule has 0 aliphatic carbocycles. The van der Waals surface area contributed by atoms with Crippen molar-refractivity contribution in [1.29, 1.82) is 0 Å². The van der Waals surface area contributed by atoms with Gasteiger partial charge in [-0.15, -0.1) is 0 Å². The van der Waals surface area contributed by atoms with Crippen LogP contribution in [0.15, 0.2) is 18.5 Å². The molecular formula is C15H22N6O2. The van der Waals surface area contributed by atoms with Crippen LogP contribution in [0.4, 0.5) is 10.7 Å². The fraction of sp³-hybridized carbons (Fsp3) is 0.600. The Hall–Kier alpha value is -2.38. The number of likely N-dealkylation sites (tertiary alicyclic amines) is 1. The maximum atomic E-state index is 12.2. The first-order chi connectivity index (χ1) is 11.2. The molecule has 8 nitrogen and oxygen atoms in total. The molecule has 0 unspecified atom stereocenters. The molecular weight excluding hydrogens is 296 g/mol. The molecule has 0 saturated carbocycles. The fourth-order valence-corrected chi connectivity index (χ4v) is 3.09. The molecule has 2 fully saturated rings. The number of carbonyl (C=O) groups excluding carboxylic acids is 2. The molecule has 0 radical (unpaired) electrons. The van der Waals surface area contributed by atoms with Gasteiger partial charge in [0.15, 0.2) is 0 Å². The van der Waals surface area contributed by atoms with Crippen molar-refractivity contribution < 1.29 is 9.59 Å². The minimum Gasteiger partial charge on any atom is -0.354 e. The molecule has 1 aromatic heterocycles. The number of carbonyl (C=O) groups is 2. The third-order valence-electron chi connectivity index (χ3n) is 4.34. The van der Waals surface area contributed by atoms with Gasteiger partial charge in [-0.2, -0.15) is 0 Å². The van der Waals surface area contributed by atoms with Crippen LogP contribution in [-0.4, -0.2) is 70.5 Å². The number of hydrogen-bond acceptors (Lipinski definition) is 5. The molecule has 0 aromatic carbocycles. The normalized spacial score (nSPS) is 18.9. The van der Waals surface area contributed by atoms with Gasteiger partial charge >= 0.3 is 6.03 Å². The van der Waals surface area contributed by atoms with E-state index in [9.17, 15) is 9.59 Å². The van der Waals surface area contributed by atoms with Crippen molar-refractivity contribution in [3.8, 4) is 0 Å². The van der Waals surface area contributed by atoms with E-state index in [-0.39, 0.29) is 18.0 Å². The van der Waals surface area contributed by atoms with Crippen LogP contribution in [0, 0.1) is 0 Å². The Morgan fingerprint density at radius 2 is 2.00 bits per heavy atom. The number of hydrogen-bond donors (Lipinski definition) is 2. The maximum absolute atomic E-state index is 12.2. The summed E-state index contributed by atoms with van der Waals surface area (Å²) in [6.45, 7) is 3.46. The SMILES string of the molecule is O=C(CCNc1ncccn1)N1CCC(N2CCNC2=O)CC1. The highest BCUT2D eigenvalue weighted by molar-refractivity contribution is 5.77. The lowest BCUT2D eigenvalue weighted by molar-refractivity contribution is -0.132. The zero-order valence-electron chi connectivity index (χ0n) is 13.1. The minimum absolute atomic E-state index is 0.0295. The van der Waals surface area contributed by atoms with E-state index in [0.29, 0.717) is 18.9 Å². The fourth-order valence-electron chi connectivity index (χ4n) is 3.09. The number of nitrogens with one attached hydrogen (secondary N) is 2. The van der Waals surface area contributed by atoms with Crippen molar-refractivity contribution in [1.82, 2.24) is 25.1 Å². The van der Waals surface area contributed by atoms with Crippen LogP contribution in [0.2, 0.25) is 0 Å². The van der Waals surface area contributed by atoms with Crippen molar-refractivity contribution in [2.24, 2.45) is 0 Å². The number of amides is 3. The molecule has 2 saturated heterocycles. The molecule has 1 aromatic rings. The zero-order chi connectivity index (χ0) is 16.1. The first-order valence-corrected chi connectivity index (χ1v) is 8.07. The first-order valence-electron chi connectivity index (χ1n) is 8.07. The highest BCUT2D eigenvalue weighted by atomic mass is 16.2. The van der Waals surface area contributed by atoms with Crippen molar-refractivity contribution in [3.63, 3.8) is 0 Å². The predicted molar refractivity (Wildman–Crippen MR) is 84.8 cm³/mol. The molecule has 23 heavy (non-hydrogen) atoms. The van der Waals surface area contributed by atoms with Crippen LogP contribution in [0.1, 0.15) is 19.3 Å². The van der Waals surface area contributed by atoms with Crippen molar-refractivity contribution in [2.45, 2.75) is 25.3 Å². The number of piperidine rings is 1. The van der Waals surface area contributed by atoms with E-state index < -0.39 is 0 Å². The quantitative estimate of drug-likeness (QED) is 0.814. The van der Waals surface area contributed by atoms with Crippen molar-refractivity contribution >= 4 is 17.9 Å². The van der Waals surface area contributed by atoms with Gasteiger partial charge in [0, 0.05) is 57.6 Å². The second-order valence-electron chi connectivity index (χ2n) is 5.79. The number of aromatic nitrogens is 2. The number of anilines is 1. The molecule has 0 bridgehead atoms. The Labute approximate surface area is 135 Å². The number of rotatable bonds is 5. The Morgan fingerprint density at radius 1 is 1.26 bits per heavy atom. The molecule has 3 rings (SSSR count). The summed E-state index contributed by atoms with van der Waals surface area (Å²) in [7, 11) is 0. The third kappa shape index (κ3) is 3.88. The van der Waals surface area contributed by atoms with Crippen LogP contribution in [0.3, 0.4) is 0 Å². The van der Waals surface area contributed by atoms with Gasteiger partial charge in [0.1, 0.15) is 0 Å². The van der Waals surface area contributed by atoms with Crippen LogP contribution >= 0.6 is 0 Å². The molecule has 0 spiro atoms. The second-order valence-corrected chi connectivity index (χ2v) is 5.79. The smallest absolute Gasteiger partial charge is 0.317 e. The van der Waals surface area contributed by atoms with Crippen molar-refractivity contribution in [2.75, 3.05) is 38.0 Å². The summed E-state index contributed by atoms with van der Waals surface area (Å²) < 4.78 is 0. The van der Waals surface area contributed by atoms with E-state index in [1.54, 1.807) is 18.5 Å². The number of urea groups is 1. The summed E-state index contributed by atoms with van der Waals surface area (Å²) in [6, 6.07) is 2.04. The topological polar surface area (TPSA) is 90.5 Å². The molecule has 8 heteroatoms. The highest BCUT2D eigenvalue weighted by Crippen LogP contribution is 2.18. The van der Waals surface area contributed by atoms with Crippen LogP contribution in [-0.2, 0) is 4.79 Å². The Bertz CT molecular complexity index is 544. The van der Waals surface area contributed by atoms with Gasteiger partial charge in [0.2, 0.25) is 11.9 Å². The second kappa shape index (κ2) is 7.26. The molecule has 0 atom stereocenters. The summed E-state index contributed by atoms with van der Waals surface area (Å²) in [6.07, 6.45) is 5.46. The van der Waals surface area contributed by atoms with E-state index in [2.05, 4.69) is 20.6 Å². The summed E-state index contributed by atoms with van der Waals surface area (Å²) in [5.41, 5.74) is 0. The van der Waals surface area contributed by atoms with Gasteiger partial charge in [-0.05, 0) is 18.9 Å². The lowest BCUT2D eigenvalue weighted by Crippen LogP contribution is -2.47. The molecule has 124 valence electrons. The van der Waals surface area contributed by atoms with Gasteiger partial charge in [0.25, 0.3) is 0 Å². The highest BCUT2D eigenvalue weighted by Gasteiger charge is 2.31. The molecule has 3 amide bonds. The van der Waals surface area contributed by atoms with E-state index in [0.717, 1.165) is 39.0 Å². The Kier molecular flexibility index (Phi) is 4.89. The van der Waals surface area contributed by atoms with E-state index in [1.807, 2.05) is 9.80 Å². The summed E-state index contributed by atoms with van der Waals surface area (Å²) >= 11 is 0. The van der Waals surface area contributed by atoms with E-state index in [4.69, 9.17) is 0 Å². The summed E-state index contributed by atoms with van der Waals surface area (Å²) in [5, 5.41) is 5.87. The van der Waals surface area contributed by atoms with Gasteiger partial charge in [-0.25, -0.2) is 14.8 Å². The average molecular weight is 318 g/mol. The zero-order valence-corrected chi connectivity index (χ0v) is 13.1. The van der Waals surface area contributed by atoms with Gasteiger partial charge in [0.05, 0.1) is 0 Å². The molecule has 3 heterocycles. The lowest BCUT2D eigenvalue weighted by Gasteiger charge is -2.36. The third-order valence-corrected chi connectivity index (χ3v) is 4.34. The van der Waals surface area contributed by atoms with Gasteiger partial charge in [-0.1, -0.05) is 0 Å². The molecule has 2 aliphatic rings. The van der Waals surface area contributed by atoms with E-state index >= 15 is 0 Å². The predicted octanol–water partition coefficient (Wildman–Crippen LogP) is 0.295. The molecule has 2 aliphatic heterocycles. The van der Waals surface area contributed by atoms with Gasteiger partial charge < -0.3 is 20.4 Å². The standard InChI is InChI=1S/C15H22N6O2/c22-13(2-7-18-14-16-5-1-6-17-14)20-9-3-12(4-10-20)21-11-8-19-15(21)23/h1,5-6,12H,2-4,7-11H2,(H,19,23)(H,16,17,18). The monoisotopic (exact) mass is 318 g/mol. The van der Waals surface area contributed by atoms with E-state index in [1.165, 1.54) is 0 Å². The Morgan fingerprint density at radius 3 is 2.65 bits per heavy atom. The largest absolute Gasteiger partial charge is 0.354 e.